The van der Waals surface area contributed by atoms with Crippen LogP contribution in [0.4, 0.5) is 0 Å². The number of benzene rings is 2. The number of aliphatic carboxylic acids is 1. The number of hydrogen-bond acceptors (Lipinski definition) is 2. The van der Waals surface area contributed by atoms with Gasteiger partial charge in [0.2, 0.25) is 0 Å². The van der Waals surface area contributed by atoms with Gasteiger partial charge in [-0.25, -0.2) is 0 Å². The molecule has 2 heterocycles. The normalized spacial score (nSPS) is 14.1. The van der Waals surface area contributed by atoms with E-state index in [1.54, 1.807) is 0 Å². The first kappa shape index (κ1) is 15.9. The maximum Gasteiger partial charge on any atom is 0.303 e. The van der Waals surface area contributed by atoms with Crippen LogP contribution in [0.25, 0.3) is 10.9 Å². The third-order valence-electron chi connectivity index (χ3n) is 5.04. The Bertz CT molecular complexity index is 928. The summed E-state index contributed by atoms with van der Waals surface area (Å²) in [5.74, 6) is -0.743. The van der Waals surface area contributed by atoms with Crippen molar-refractivity contribution < 1.29 is 9.90 Å². The lowest BCUT2D eigenvalue weighted by Gasteiger charge is -2.14. The second-order valence-electron chi connectivity index (χ2n) is 6.93. The summed E-state index contributed by atoms with van der Waals surface area (Å²) < 4.78 is 2.12. The standard InChI is InChI=1S/C21H22N2O2/c1-22-12-16(7-8-21(24)25)19-9-17-13-23(14-18(17)10-20(19)22)11-15-5-3-2-4-6-15/h2-6,9-10,12H,7-8,11,13-14H2,1H3,(H,24,25). The molecule has 0 fully saturated rings. The number of fused-ring (bicyclic) bond motifs is 2. The molecule has 25 heavy (non-hydrogen) atoms. The van der Waals surface area contributed by atoms with Gasteiger partial charge in [0.15, 0.2) is 0 Å². The zero-order valence-electron chi connectivity index (χ0n) is 14.4. The molecule has 0 bridgehead atoms. The molecule has 4 heteroatoms. The van der Waals surface area contributed by atoms with E-state index in [1.807, 2.05) is 13.1 Å². The first-order valence-corrected chi connectivity index (χ1v) is 8.68. The van der Waals surface area contributed by atoms with Gasteiger partial charge >= 0.3 is 5.97 Å². The molecule has 0 saturated heterocycles. The lowest BCUT2D eigenvalue weighted by atomic mass is 10.0. The lowest BCUT2D eigenvalue weighted by Crippen LogP contribution is -2.15. The van der Waals surface area contributed by atoms with E-state index in [4.69, 9.17) is 5.11 Å². The molecule has 0 amide bonds. The minimum Gasteiger partial charge on any atom is -0.481 e. The fourth-order valence-electron chi connectivity index (χ4n) is 3.82. The maximum atomic E-state index is 10.9. The second kappa shape index (κ2) is 6.37. The van der Waals surface area contributed by atoms with Crippen molar-refractivity contribution in [2.24, 2.45) is 7.05 Å². The van der Waals surface area contributed by atoms with Gasteiger partial charge in [0.05, 0.1) is 0 Å². The number of aryl methyl sites for hydroxylation is 2. The Kier molecular flexibility index (Phi) is 4.06. The quantitative estimate of drug-likeness (QED) is 0.774. The molecule has 0 spiro atoms. The van der Waals surface area contributed by atoms with Crippen molar-refractivity contribution in [3.05, 3.63) is 70.9 Å². The van der Waals surface area contributed by atoms with Crippen molar-refractivity contribution in [2.45, 2.75) is 32.5 Å². The maximum absolute atomic E-state index is 10.9. The molecule has 128 valence electrons. The molecule has 0 aliphatic carbocycles. The van der Waals surface area contributed by atoms with Crippen LogP contribution in [0, 0.1) is 0 Å². The number of rotatable bonds is 5. The minimum absolute atomic E-state index is 0.177. The average Bonchev–Trinajstić information content (AvgIpc) is 3.12. The Morgan fingerprint density at radius 1 is 1.12 bits per heavy atom. The Morgan fingerprint density at radius 2 is 1.84 bits per heavy atom. The number of aromatic nitrogens is 1. The highest BCUT2D eigenvalue weighted by molar-refractivity contribution is 5.86. The lowest BCUT2D eigenvalue weighted by molar-refractivity contribution is -0.136. The van der Waals surface area contributed by atoms with Crippen LogP contribution in [0.2, 0.25) is 0 Å². The molecule has 0 unspecified atom stereocenters. The fraction of sp³-hybridized carbons (Fsp3) is 0.286. The fourth-order valence-corrected chi connectivity index (χ4v) is 3.82. The van der Waals surface area contributed by atoms with Crippen molar-refractivity contribution >= 4 is 16.9 Å². The number of nitrogens with zero attached hydrogens (tertiary/aromatic N) is 2. The highest BCUT2D eigenvalue weighted by Crippen LogP contribution is 2.31. The van der Waals surface area contributed by atoms with E-state index in [0.29, 0.717) is 6.42 Å². The molecular weight excluding hydrogens is 312 g/mol. The molecule has 1 N–H and O–H groups in total. The Labute approximate surface area is 147 Å². The third kappa shape index (κ3) is 3.17. The smallest absolute Gasteiger partial charge is 0.303 e. The van der Waals surface area contributed by atoms with Gasteiger partial charge in [0.25, 0.3) is 0 Å². The first-order valence-electron chi connectivity index (χ1n) is 8.68. The van der Waals surface area contributed by atoms with Gasteiger partial charge in [-0.3, -0.25) is 9.69 Å². The van der Waals surface area contributed by atoms with Crippen LogP contribution in [0.3, 0.4) is 0 Å². The molecule has 2 aromatic carbocycles. The second-order valence-corrected chi connectivity index (χ2v) is 6.93. The van der Waals surface area contributed by atoms with Crippen LogP contribution in [0.1, 0.15) is 28.7 Å². The van der Waals surface area contributed by atoms with Crippen LogP contribution in [0.5, 0.6) is 0 Å². The molecule has 1 aromatic heterocycles. The van der Waals surface area contributed by atoms with Crippen molar-refractivity contribution in [2.75, 3.05) is 0 Å². The monoisotopic (exact) mass is 334 g/mol. The number of carboxylic acid groups (broad SMARTS) is 1. The topological polar surface area (TPSA) is 45.5 Å². The summed E-state index contributed by atoms with van der Waals surface area (Å²) in [4.78, 5) is 13.4. The number of carboxylic acids is 1. The van der Waals surface area contributed by atoms with Gasteiger partial charge in [0.1, 0.15) is 0 Å². The Morgan fingerprint density at radius 3 is 2.56 bits per heavy atom. The summed E-state index contributed by atoms with van der Waals surface area (Å²) >= 11 is 0. The van der Waals surface area contributed by atoms with Gasteiger partial charge < -0.3 is 9.67 Å². The summed E-state index contributed by atoms with van der Waals surface area (Å²) in [6, 6.07) is 15.1. The molecule has 0 atom stereocenters. The zero-order valence-corrected chi connectivity index (χ0v) is 14.4. The molecular formula is C21H22N2O2. The third-order valence-corrected chi connectivity index (χ3v) is 5.04. The average molecular weight is 334 g/mol. The van der Waals surface area contributed by atoms with Crippen LogP contribution in [-0.4, -0.2) is 20.5 Å². The van der Waals surface area contributed by atoms with Crippen LogP contribution in [-0.2, 0) is 37.9 Å². The summed E-state index contributed by atoms with van der Waals surface area (Å²) in [6.45, 7) is 2.88. The SMILES string of the molecule is Cn1cc(CCC(=O)O)c2cc3c(cc21)CN(Cc1ccccc1)C3. The van der Waals surface area contributed by atoms with Crippen LogP contribution in [0.15, 0.2) is 48.7 Å². The van der Waals surface area contributed by atoms with E-state index >= 15 is 0 Å². The van der Waals surface area contributed by atoms with E-state index in [9.17, 15) is 4.79 Å². The number of carbonyl (C=O) groups is 1. The Hall–Kier alpha value is -2.59. The molecule has 1 aliphatic heterocycles. The van der Waals surface area contributed by atoms with Crippen LogP contribution >= 0.6 is 0 Å². The van der Waals surface area contributed by atoms with Gasteiger partial charge in [0, 0.05) is 50.2 Å². The van der Waals surface area contributed by atoms with Gasteiger partial charge in [-0.15, -0.1) is 0 Å². The van der Waals surface area contributed by atoms with Gasteiger partial charge in [-0.1, -0.05) is 30.3 Å². The molecule has 1 aliphatic rings. The van der Waals surface area contributed by atoms with Gasteiger partial charge in [-0.05, 0) is 40.8 Å². The van der Waals surface area contributed by atoms with E-state index in [0.717, 1.165) is 25.2 Å². The predicted octanol–water partition coefficient (Wildman–Crippen LogP) is 3.71. The highest BCUT2D eigenvalue weighted by atomic mass is 16.4. The van der Waals surface area contributed by atoms with E-state index < -0.39 is 5.97 Å². The summed E-state index contributed by atoms with van der Waals surface area (Å²) in [5.41, 5.74) is 6.41. The summed E-state index contributed by atoms with van der Waals surface area (Å²) in [6.07, 6.45) is 2.83. The van der Waals surface area contributed by atoms with E-state index in [1.165, 1.54) is 27.6 Å². The van der Waals surface area contributed by atoms with E-state index in [2.05, 4.69) is 52.1 Å². The molecule has 4 nitrogen and oxygen atoms in total. The summed E-state index contributed by atoms with van der Waals surface area (Å²) in [7, 11) is 2.04. The number of hydrogen-bond donors (Lipinski definition) is 1. The Balaban J connectivity index is 1.60. The van der Waals surface area contributed by atoms with E-state index in [-0.39, 0.29) is 6.42 Å². The molecule has 3 aromatic rings. The van der Waals surface area contributed by atoms with Crippen molar-refractivity contribution in [1.82, 2.24) is 9.47 Å². The minimum atomic E-state index is -0.743. The zero-order chi connectivity index (χ0) is 17.4. The molecule has 0 radical (unpaired) electrons. The highest BCUT2D eigenvalue weighted by Gasteiger charge is 2.21. The van der Waals surface area contributed by atoms with Crippen molar-refractivity contribution in [3.8, 4) is 0 Å². The van der Waals surface area contributed by atoms with Crippen LogP contribution < -0.4 is 0 Å². The van der Waals surface area contributed by atoms with Crippen molar-refractivity contribution in [3.63, 3.8) is 0 Å². The van der Waals surface area contributed by atoms with Crippen molar-refractivity contribution in [1.29, 1.82) is 0 Å². The molecule has 4 rings (SSSR count). The predicted molar refractivity (Wildman–Crippen MR) is 98.3 cm³/mol. The summed E-state index contributed by atoms with van der Waals surface area (Å²) in [5, 5.41) is 10.2. The van der Waals surface area contributed by atoms with Gasteiger partial charge in [-0.2, -0.15) is 0 Å². The first-order chi connectivity index (χ1) is 12.1. The molecule has 0 saturated carbocycles. The largest absolute Gasteiger partial charge is 0.481 e.